The molecule has 1 rings (SSSR count). The molecule has 2 N–H and O–H groups in total. The van der Waals surface area contributed by atoms with E-state index < -0.39 is 0 Å². The molecule has 1 saturated carbocycles. The Labute approximate surface area is 92.4 Å². The molecule has 0 radical (unpaired) electrons. The minimum absolute atomic E-state index is 0.118. The van der Waals surface area contributed by atoms with Crippen LogP contribution in [0.2, 0.25) is 0 Å². The molecule has 0 aromatic rings. The highest BCUT2D eigenvalue weighted by atomic mass is 16.1. The van der Waals surface area contributed by atoms with Gasteiger partial charge in [-0.25, -0.2) is 0 Å². The van der Waals surface area contributed by atoms with Gasteiger partial charge in [-0.3, -0.25) is 4.79 Å². The van der Waals surface area contributed by atoms with Crippen molar-refractivity contribution >= 4 is 5.91 Å². The highest BCUT2D eigenvalue weighted by molar-refractivity contribution is 5.77. The van der Waals surface area contributed by atoms with Crippen LogP contribution in [0.4, 0.5) is 0 Å². The first-order chi connectivity index (χ1) is 7.09. The zero-order valence-electron chi connectivity index (χ0n) is 10.0. The van der Waals surface area contributed by atoms with Crippen LogP contribution in [0, 0.1) is 5.92 Å². The molecule has 4 heteroatoms. The van der Waals surface area contributed by atoms with Crippen LogP contribution >= 0.6 is 0 Å². The molecule has 0 spiro atoms. The Morgan fingerprint density at radius 1 is 1.47 bits per heavy atom. The molecule has 0 aliphatic heterocycles. The number of hydrogen-bond donors (Lipinski definition) is 2. The van der Waals surface area contributed by atoms with Gasteiger partial charge in [0.25, 0.3) is 0 Å². The van der Waals surface area contributed by atoms with Crippen molar-refractivity contribution in [1.82, 2.24) is 15.5 Å². The maximum absolute atomic E-state index is 11.3. The summed E-state index contributed by atoms with van der Waals surface area (Å²) in [4.78, 5) is 13.5. The van der Waals surface area contributed by atoms with Gasteiger partial charge in [-0.1, -0.05) is 0 Å². The fourth-order valence-electron chi connectivity index (χ4n) is 1.22. The van der Waals surface area contributed by atoms with Gasteiger partial charge in [-0.2, -0.15) is 0 Å². The minimum atomic E-state index is 0.118. The third-order valence-corrected chi connectivity index (χ3v) is 2.89. The van der Waals surface area contributed by atoms with Gasteiger partial charge in [0, 0.05) is 19.1 Å². The zero-order chi connectivity index (χ0) is 11.3. The van der Waals surface area contributed by atoms with Crippen LogP contribution < -0.4 is 10.6 Å². The quantitative estimate of drug-likeness (QED) is 0.628. The molecule has 0 aromatic carbocycles. The monoisotopic (exact) mass is 213 g/mol. The average Bonchev–Trinajstić information content (AvgIpc) is 2.97. The maximum Gasteiger partial charge on any atom is 0.233 e. The Hall–Kier alpha value is -0.610. The summed E-state index contributed by atoms with van der Waals surface area (Å²) in [5.74, 6) is 0.877. The van der Waals surface area contributed by atoms with Gasteiger partial charge < -0.3 is 15.5 Å². The van der Waals surface area contributed by atoms with Gasteiger partial charge in [-0.15, -0.1) is 0 Å². The van der Waals surface area contributed by atoms with Gasteiger partial charge in [0.05, 0.1) is 6.54 Å². The number of carbonyl (C=O) groups excluding carboxylic acids is 1. The summed E-state index contributed by atoms with van der Waals surface area (Å²) in [5, 5.41) is 6.09. The molecule has 1 aliphatic rings. The number of amides is 1. The summed E-state index contributed by atoms with van der Waals surface area (Å²) in [5.41, 5.74) is 0. The normalized spacial score (nSPS) is 17.9. The Kier molecular flexibility index (Phi) is 5.05. The molecule has 1 aliphatic carbocycles. The van der Waals surface area contributed by atoms with E-state index in [0.29, 0.717) is 12.6 Å². The largest absolute Gasteiger partial charge is 0.355 e. The summed E-state index contributed by atoms with van der Waals surface area (Å²) in [6.07, 6.45) is 2.57. The molecule has 0 heterocycles. The second kappa shape index (κ2) is 6.08. The molecule has 15 heavy (non-hydrogen) atoms. The third kappa shape index (κ3) is 5.74. The van der Waals surface area contributed by atoms with Crippen LogP contribution in [0.15, 0.2) is 0 Å². The van der Waals surface area contributed by atoms with E-state index in [1.165, 1.54) is 12.8 Å². The van der Waals surface area contributed by atoms with Crippen LogP contribution in [0.1, 0.15) is 19.8 Å². The van der Waals surface area contributed by atoms with Crippen LogP contribution in [-0.2, 0) is 4.79 Å². The summed E-state index contributed by atoms with van der Waals surface area (Å²) in [6.45, 7) is 4.29. The first-order valence-corrected chi connectivity index (χ1v) is 5.73. The van der Waals surface area contributed by atoms with Gasteiger partial charge in [0.15, 0.2) is 0 Å². The van der Waals surface area contributed by atoms with E-state index in [1.807, 2.05) is 14.1 Å². The number of nitrogens with one attached hydrogen (secondary N) is 2. The molecule has 0 bridgehead atoms. The molecule has 1 atom stereocenters. The minimum Gasteiger partial charge on any atom is -0.355 e. The highest BCUT2D eigenvalue weighted by Gasteiger charge is 2.21. The van der Waals surface area contributed by atoms with Gasteiger partial charge in [0.2, 0.25) is 5.91 Å². The smallest absolute Gasteiger partial charge is 0.233 e. The standard InChI is InChI=1S/C11H23N3O/c1-9(14(2)3)6-12-8-11(15)13-7-10-4-5-10/h9-10,12H,4-8H2,1-3H3,(H,13,15). The van der Waals surface area contributed by atoms with Gasteiger partial charge in [0.1, 0.15) is 0 Å². The maximum atomic E-state index is 11.3. The number of hydrogen-bond acceptors (Lipinski definition) is 3. The van der Waals surface area contributed by atoms with Crippen LogP contribution in [0.3, 0.4) is 0 Å². The lowest BCUT2D eigenvalue weighted by Gasteiger charge is -2.19. The Morgan fingerprint density at radius 3 is 2.67 bits per heavy atom. The van der Waals surface area contributed by atoms with Crippen molar-refractivity contribution in [2.75, 3.05) is 33.7 Å². The zero-order valence-corrected chi connectivity index (χ0v) is 10.0. The topological polar surface area (TPSA) is 44.4 Å². The molecule has 1 amide bonds. The fourth-order valence-corrected chi connectivity index (χ4v) is 1.22. The first kappa shape index (κ1) is 12.5. The second-order valence-corrected chi connectivity index (χ2v) is 4.69. The number of likely N-dealkylation sites (N-methyl/N-ethyl adjacent to an activating group) is 1. The van der Waals surface area contributed by atoms with E-state index in [0.717, 1.165) is 19.0 Å². The predicted molar refractivity (Wildman–Crippen MR) is 61.8 cm³/mol. The summed E-state index contributed by atoms with van der Waals surface area (Å²) < 4.78 is 0. The van der Waals surface area contributed by atoms with Crippen molar-refractivity contribution in [2.24, 2.45) is 5.92 Å². The lowest BCUT2D eigenvalue weighted by Crippen LogP contribution is -2.41. The van der Waals surface area contributed by atoms with Crippen LogP contribution in [0.25, 0.3) is 0 Å². The molecule has 0 saturated heterocycles. The van der Waals surface area contributed by atoms with E-state index in [4.69, 9.17) is 0 Å². The summed E-state index contributed by atoms with van der Waals surface area (Å²) in [6, 6.07) is 0.459. The number of rotatable bonds is 7. The molecule has 0 aromatic heterocycles. The molecule has 88 valence electrons. The fraction of sp³-hybridized carbons (Fsp3) is 0.909. The van der Waals surface area contributed by atoms with Crippen molar-refractivity contribution in [3.05, 3.63) is 0 Å². The molecule has 1 unspecified atom stereocenters. The van der Waals surface area contributed by atoms with Crippen molar-refractivity contribution < 1.29 is 4.79 Å². The summed E-state index contributed by atoms with van der Waals surface area (Å²) >= 11 is 0. The Morgan fingerprint density at radius 2 is 2.13 bits per heavy atom. The van der Waals surface area contributed by atoms with Gasteiger partial charge in [-0.05, 0) is 39.8 Å². The molecular weight excluding hydrogens is 190 g/mol. The molecule has 1 fully saturated rings. The lowest BCUT2D eigenvalue weighted by atomic mass is 10.3. The van der Waals surface area contributed by atoms with Gasteiger partial charge >= 0.3 is 0 Å². The third-order valence-electron chi connectivity index (χ3n) is 2.89. The first-order valence-electron chi connectivity index (χ1n) is 5.73. The average molecular weight is 213 g/mol. The Bertz CT molecular complexity index is 202. The molecular formula is C11H23N3O. The lowest BCUT2D eigenvalue weighted by molar-refractivity contribution is -0.120. The number of nitrogens with zero attached hydrogens (tertiary/aromatic N) is 1. The second-order valence-electron chi connectivity index (χ2n) is 4.69. The highest BCUT2D eigenvalue weighted by Crippen LogP contribution is 2.27. The van der Waals surface area contributed by atoms with E-state index in [1.54, 1.807) is 0 Å². The van der Waals surface area contributed by atoms with Crippen LogP contribution in [0.5, 0.6) is 0 Å². The molecule has 4 nitrogen and oxygen atoms in total. The van der Waals surface area contributed by atoms with E-state index in [-0.39, 0.29) is 5.91 Å². The predicted octanol–water partition coefficient (Wildman–Crippen LogP) is 0.0523. The Balaban J connectivity index is 1.95. The van der Waals surface area contributed by atoms with Crippen molar-refractivity contribution in [3.8, 4) is 0 Å². The number of carbonyl (C=O) groups is 1. The van der Waals surface area contributed by atoms with Crippen molar-refractivity contribution in [3.63, 3.8) is 0 Å². The van der Waals surface area contributed by atoms with E-state index in [2.05, 4.69) is 22.5 Å². The SMILES string of the molecule is CC(CNCC(=O)NCC1CC1)N(C)C. The summed E-state index contributed by atoms with van der Waals surface area (Å²) in [7, 11) is 4.08. The van der Waals surface area contributed by atoms with Crippen LogP contribution in [-0.4, -0.2) is 50.6 Å². The van der Waals surface area contributed by atoms with Crippen molar-refractivity contribution in [2.45, 2.75) is 25.8 Å². The van der Waals surface area contributed by atoms with Crippen molar-refractivity contribution in [1.29, 1.82) is 0 Å². The van der Waals surface area contributed by atoms with E-state index >= 15 is 0 Å². The van der Waals surface area contributed by atoms with E-state index in [9.17, 15) is 4.79 Å².